The van der Waals surface area contributed by atoms with Gasteiger partial charge in [-0.2, -0.15) is 0 Å². The quantitative estimate of drug-likeness (QED) is 0.753. The molecule has 0 aliphatic rings. The Morgan fingerprint density at radius 2 is 1.67 bits per heavy atom. The smallest absolute Gasteiger partial charge is 0.0870 e. The summed E-state index contributed by atoms with van der Waals surface area (Å²) in [5.41, 5.74) is 1.21. The average molecular weight is 249 g/mol. The molecule has 0 saturated heterocycles. The van der Waals surface area contributed by atoms with Crippen LogP contribution >= 0.6 is 0 Å². The van der Waals surface area contributed by atoms with E-state index in [2.05, 4.69) is 63.3 Å². The van der Waals surface area contributed by atoms with E-state index in [1.165, 1.54) is 5.56 Å². The summed E-state index contributed by atoms with van der Waals surface area (Å²) < 4.78 is 6.13. The van der Waals surface area contributed by atoms with Crippen LogP contribution < -0.4 is 5.32 Å². The van der Waals surface area contributed by atoms with E-state index in [1.807, 2.05) is 0 Å². The van der Waals surface area contributed by atoms with Gasteiger partial charge in [-0.05, 0) is 31.9 Å². The van der Waals surface area contributed by atoms with E-state index < -0.39 is 0 Å². The second-order valence-electron chi connectivity index (χ2n) is 4.61. The predicted molar refractivity (Wildman–Crippen MR) is 77.8 cm³/mol. The molecule has 0 saturated carbocycles. The van der Waals surface area contributed by atoms with Gasteiger partial charge in [0.1, 0.15) is 0 Å². The molecule has 0 radical (unpaired) electrons. The molecule has 0 aliphatic heterocycles. The molecule has 0 bridgehead atoms. The number of rotatable bonds is 8. The lowest BCUT2D eigenvalue weighted by atomic mass is 9.83. The molecule has 0 amide bonds. The van der Waals surface area contributed by atoms with Crippen molar-refractivity contribution in [3.8, 4) is 0 Å². The molecule has 18 heavy (non-hydrogen) atoms. The Hall–Kier alpha value is -0.860. The van der Waals surface area contributed by atoms with Gasteiger partial charge >= 0.3 is 0 Å². The second-order valence-corrected chi connectivity index (χ2v) is 4.61. The molecule has 102 valence electrons. The number of nitrogens with one attached hydrogen (secondary N) is 1. The summed E-state index contributed by atoms with van der Waals surface area (Å²) in [6.45, 7) is 10.4. The van der Waals surface area contributed by atoms with Gasteiger partial charge in [-0.3, -0.25) is 0 Å². The lowest BCUT2D eigenvalue weighted by molar-refractivity contribution is -0.0730. The number of likely N-dealkylation sites (N-methyl/N-ethyl adjacent to an activating group) is 1. The van der Waals surface area contributed by atoms with E-state index in [0.29, 0.717) is 0 Å². The number of hydrogen-bond acceptors (Lipinski definition) is 2. The highest BCUT2D eigenvalue weighted by molar-refractivity contribution is 5.22. The monoisotopic (exact) mass is 249 g/mol. The summed E-state index contributed by atoms with van der Waals surface area (Å²) in [6, 6.07) is 10.9. The van der Waals surface area contributed by atoms with Gasteiger partial charge in [-0.15, -0.1) is 0 Å². The van der Waals surface area contributed by atoms with E-state index in [0.717, 1.165) is 26.0 Å². The third-order valence-corrected chi connectivity index (χ3v) is 3.70. The minimum atomic E-state index is -0.105. The van der Waals surface area contributed by atoms with Crippen LogP contribution in [0.3, 0.4) is 0 Å². The molecule has 2 heteroatoms. The summed E-state index contributed by atoms with van der Waals surface area (Å²) in [6.07, 6.45) is 2.04. The van der Waals surface area contributed by atoms with Crippen molar-refractivity contribution >= 4 is 0 Å². The van der Waals surface area contributed by atoms with Gasteiger partial charge in [0.05, 0.1) is 11.6 Å². The molecule has 0 spiro atoms. The largest absolute Gasteiger partial charge is 0.373 e. The van der Waals surface area contributed by atoms with Crippen LogP contribution in [-0.4, -0.2) is 18.8 Å². The molecular weight excluding hydrogens is 222 g/mol. The van der Waals surface area contributed by atoms with Crippen LogP contribution in [0.2, 0.25) is 0 Å². The Kier molecular flexibility index (Phi) is 6.37. The maximum absolute atomic E-state index is 6.13. The van der Waals surface area contributed by atoms with Crippen LogP contribution in [0.15, 0.2) is 30.3 Å². The third-order valence-electron chi connectivity index (χ3n) is 3.70. The minimum Gasteiger partial charge on any atom is -0.373 e. The van der Waals surface area contributed by atoms with Gasteiger partial charge < -0.3 is 10.1 Å². The maximum Gasteiger partial charge on any atom is 0.0870 e. The first-order chi connectivity index (χ1) is 8.74. The highest BCUT2D eigenvalue weighted by atomic mass is 16.5. The Morgan fingerprint density at radius 3 is 2.11 bits per heavy atom. The fourth-order valence-corrected chi connectivity index (χ4v) is 2.69. The molecule has 1 atom stereocenters. The van der Waals surface area contributed by atoms with Gasteiger partial charge in [-0.25, -0.2) is 0 Å². The average Bonchev–Trinajstić information content (AvgIpc) is 2.44. The Labute approximate surface area is 112 Å². The highest BCUT2D eigenvalue weighted by Gasteiger charge is 2.36. The highest BCUT2D eigenvalue weighted by Crippen LogP contribution is 2.35. The van der Waals surface area contributed by atoms with Crippen molar-refractivity contribution in [3.05, 3.63) is 35.9 Å². The van der Waals surface area contributed by atoms with Crippen LogP contribution in [0.4, 0.5) is 0 Å². The molecule has 0 heterocycles. The lowest BCUT2D eigenvalue weighted by Gasteiger charge is -2.40. The number of hydrogen-bond donors (Lipinski definition) is 1. The first-order valence-electron chi connectivity index (χ1n) is 7.16. The number of benzene rings is 1. The van der Waals surface area contributed by atoms with Crippen molar-refractivity contribution < 1.29 is 4.74 Å². The van der Waals surface area contributed by atoms with Crippen molar-refractivity contribution in [2.45, 2.75) is 52.2 Å². The van der Waals surface area contributed by atoms with Gasteiger partial charge in [0.15, 0.2) is 0 Å². The van der Waals surface area contributed by atoms with E-state index in [4.69, 9.17) is 4.74 Å². The molecule has 0 aromatic heterocycles. The van der Waals surface area contributed by atoms with E-state index in [-0.39, 0.29) is 11.6 Å². The minimum absolute atomic E-state index is 0.105. The molecule has 1 unspecified atom stereocenters. The number of ether oxygens (including phenoxy) is 1. The Morgan fingerprint density at radius 1 is 1.06 bits per heavy atom. The third kappa shape index (κ3) is 3.33. The molecule has 0 aliphatic carbocycles. The zero-order valence-corrected chi connectivity index (χ0v) is 12.2. The van der Waals surface area contributed by atoms with Crippen LogP contribution in [-0.2, 0) is 4.74 Å². The summed E-state index contributed by atoms with van der Waals surface area (Å²) in [7, 11) is 0. The van der Waals surface area contributed by atoms with Gasteiger partial charge in [0.2, 0.25) is 0 Å². The zero-order valence-electron chi connectivity index (χ0n) is 12.2. The van der Waals surface area contributed by atoms with Crippen LogP contribution in [0.1, 0.15) is 52.1 Å². The maximum atomic E-state index is 6.13. The van der Waals surface area contributed by atoms with Gasteiger partial charge in [0, 0.05) is 6.61 Å². The molecule has 1 rings (SSSR count). The SMILES string of the molecule is CCNC(c1ccccc1)C(CC)(CC)OCC. The van der Waals surface area contributed by atoms with Crippen molar-refractivity contribution in [3.63, 3.8) is 0 Å². The summed E-state index contributed by atoms with van der Waals surface area (Å²) in [4.78, 5) is 0. The van der Waals surface area contributed by atoms with Gasteiger partial charge in [-0.1, -0.05) is 51.1 Å². The van der Waals surface area contributed by atoms with Crippen molar-refractivity contribution in [1.29, 1.82) is 0 Å². The van der Waals surface area contributed by atoms with Crippen LogP contribution in [0.25, 0.3) is 0 Å². The molecule has 1 aromatic rings. The normalized spacial score (nSPS) is 13.6. The lowest BCUT2D eigenvalue weighted by Crippen LogP contribution is -2.45. The molecule has 0 fully saturated rings. The fraction of sp³-hybridized carbons (Fsp3) is 0.625. The van der Waals surface area contributed by atoms with Crippen molar-refractivity contribution in [1.82, 2.24) is 5.32 Å². The van der Waals surface area contributed by atoms with Crippen LogP contribution in [0, 0.1) is 0 Å². The molecular formula is C16H27NO. The van der Waals surface area contributed by atoms with Crippen LogP contribution in [0.5, 0.6) is 0 Å². The van der Waals surface area contributed by atoms with Crippen molar-refractivity contribution in [2.75, 3.05) is 13.2 Å². The molecule has 2 nitrogen and oxygen atoms in total. The standard InChI is InChI=1S/C16H27NO/c1-5-16(6-2,18-8-4)15(17-7-3)14-12-10-9-11-13-14/h9-13,15,17H,5-8H2,1-4H3. The van der Waals surface area contributed by atoms with E-state index in [9.17, 15) is 0 Å². The van der Waals surface area contributed by atoms with E-state index in [1.54, 1.807) is 0 Å². The summed E-state index contributed by atoms with van der Waals surface area (Å²) >= 11 is 0. The van der Waals surface area contributed by atoms with E-state index >= 15 is 0 Å². The fourth-order valence-electron chi connectivity index (χ4n) is 2.69. The first kappa shape index (κ1) is 15.2. The van der Waals surface area contributed by atoms with Crippen molar-refractivity contribution in [2.24, 2.45) is 0 Å². The first-order valence-corrected chi connectivity index (χ1v) is 7.16. The summed E-state index contributed by atoms with van der Waals surface area (Å²) in [5, 5.41) is 3.60. The topological polar surface area (TPSA) is 21.3 Å². The second kappa shape index (κ2) is 7.55. The van der Waals surface area contributed by atoms with Gasteiger partial charge in [0.25, 0.3) is 0 Å². The Bertz CT molecular complexity index is 319. The molecule has 1 N–H and O–H groups in total. The Balaban J connectivity index is 3.08. The molecule has 1 aromatic carbocycles. The zero-order chi connectivity index (χ0) is 13.4. The summed E-state index contributed by atoms with van der Waals surface area (Å²) in [5.74, 6) is 0. The predicted octanol–water partition coefficient (Wildman–Crippen LogP) is 3.93.